The van der Waals surface area contributed by atoms with Crippen molar-refractivity contribution in [3.05, 3.63) is 40.5 Å². The quantitative estimate of drug-likeness (QED) is 0.615. The number of hydrogen-bond donors (Lipinski definition) is 2. The third-order valence-electron chi connectivity index (χ3n) is 6.23. The second-order valence-corrected chi connectivity index (χ2v) is 11.9. The highest BCUT2D eigenvalue weighted by atomic mass is 32.2. The van der Waals surface area contributed by atoms with Crippen LogP contribution in [-0.2, 0) is 35.7 Å². The lowest BCUT2D eigenvalue weighted by atomic mass is 9.99. The summed E-state index contributed by atoms with van der Waals surface area (Å²) in [4.78, 5) is 14.9. The van der Waals surface area contributed by atoms with Gasteiger partial charge in [-0.25, -0.2) is 17.9 Å². The molecule has 0 heterocycles. The molecule has 31 heavy (non-hydrogen) atoms. The Morgan fingerprint density at radius 1 is 1.10 bits per heavy atom. The molecule has 0 aliphatic heterocycles. The van der Waals surface area contributed by atoms with Gasteiger partial charge in [0.1, 0.15) is 0 Å². The molecule has 1 aromatic carbocycles. The lowest BCUT2D eigenvalue weighted by molar-refractivity contribution is 0.112. The average molecular weight is 448 g/mol. The number of hydrogen-bond acceptors (Lipinski definition) is 4. The number of carbonyl (C=O) groups is 1. The molecule has 7 heteroatoms. The third kappa shape index (κ3) is 5.69. The lowest BCUT2D eigenvalue weighted by Crippen LogP contribution is -2.47. The van der Waals surface area contributed by atoms with Crippen LogP contribution in [0.1, 0.15) is 69.7 Å². The molecule has 0 saturated heterocycles. The first-order valence-electron chi connectivity index (χ1n) is 11.3. The minimum Gasteiger partial charge on any atom is -0.307 e. The molecular weight excluding hydrogens is 410 g/mol. The van der Waals surface area contributed by atoms with Gasteiger partial charge < -0.3 is 5.32 Å². The summed E-state index contributed by atoms with van der Waals surface area (Å²) in [6.45, 7) is 14.9. The molecule has 6 nitrogen and oxygen atoms in total. The molecule has 0 unspecified atom stereocenters. The zero-order chi connectivity index (χ0) is 23.0. The molecule has 2 amide bonds. The molecule has 2 aliphatic carbocycles. The summed E-state index contributed by atoms with van der Waals surface area (Å²) in [5.41, 5.74) is 6.23. The van der Waals surface area contributed by atoms with Crippen molar-refractivity contribution in [3.8, 4) is 0 Å². The van der Waals surface area contributed by atoms with Crippen molar-refractivity contribution in [2.24, 2.45) is 0 Å². The molecule has 0 saturated carbocycles. The van der Waals surface area contributed by atoms with E-state index in [2.05, 4.69) is 62.2 Å². The molecule has 2 aliphatic rings. The molecular formula is C24H37N3O3S. The molecule has 2 N–H and O–H groups in total. The van der Waals surface area contributed by atoms with Gasteiger partial charge in [-0.3, -0.25) is 4.90 Å². The van der Waals surface area contributed by atoms with Gasteiger partial charge in [-0.2, -0.15) is 0 Å². The number of anilines is 1. The van der Waals surface area contributed by atoms with E-state index in [0.717, 1.165) is 44.2 Å². The Morgan fingerprint density at radius 3 is 2.13 bits per heavy atom. The van der Waals surface area contributed by atoms with Crippen molar-refractivity contribution in [2.45, 2.75) is 84.7 Å². The summed E-state index contributed by atoms with van der Waals surface area (Å²) in [6.07, 6.45) is 6.06. The fourth-order valence-corrected chi connectivity index (χ4v) is 6.07. The number of amides is 2. The highest BCUT2D eigenvalue weighted by Crippen LogP contribution is 2.38. The number of benzene rings is 1. The molecule has 0 fully saturated rings. The van der Waals surface area contributed by atoms with Gasteiger partial charge in [0, 0.05) is 23.8 Å². The molecule has 3 rings (SSSR count). The predicted molar refractivity (Wildman–Crippen MR) is 127 cm³/mol. The Morgan fingerprint density at radius 2 is 1.65 bits per heavy atom. The van der Waals surface area contributed by atoms with Crippen LogP contribution < -0.4 is 10.0 Å². The van der Waals surface area contributed by atoms with Gasteiger partial charge in [0.25, 0.3) is 0 Å². The van der Waals surface area contributed by atoms with Crippen molar-refractivity contribution in [1.82, 2.24) is 9.62 Å². The molecule has 0 aromatic heterocycles. The SMILES string of the molecule is C=C(CN(C(C)C)C(C)(C)C)CS(=O)(=O)NC(=O)Nc1c2c(cc3c1CCC3)CCC2. The number of sulfonamides is 1. The van der Waals surface area contributed by atoms with Gasteiger partial charge in [0.2, 0.25) is 10.0 Å². The summed E-state index contributed by atoms with van der Waals surface area (Å²) >= 11 is 0. The number of rotatable bonds is 7. The molecule has 0 spiro atoms. The van der Waals surface area contributed by atoms with Gasteiger partial charge in [0.05, 0.1) is 5.75 Å². The van der Waals surface area contributed by atoms with Gasteiger partial charge in [-0.1, -0.05) is 12.6 Å². The molecule has 0 bridgehead atoms. The van der Waals surface area contributed by atoms with Crippen molar-refractivity contribution < 1.29 is 13.2 Å². The number of carbonyl (C=O) groups excluding carboxylic acids is 1. The van der Waals surface area contributed by atoms with Crippen molar-refractivity contribution in [2.75, 3.05) is 17.6 Å². The Bertz CT molecular complexity index is 943. The second kappa shape index (κ2) is 8.94. The van der Waals surface area contributed by atoms with Gasteiger partial charge in [-0.05, 0) is 101 Å². The maximum absolute atomic E-state index is 12.7. The van der Waals surface area contributed by atoms with Gasteiger partial charge >= 0.3 is 6.03 Å². The number of nitrogens with zero attached hydrogens (tertiary/aromatic N) is 1. The summed E-state index contributed by atoms with van der Waals surface area (Å²) in [7, 11) is -3.83. The van der Waals surface area contributed by atoms with Crippen LogP contribution in [0, 0.1) is 0 Å². The molecule has 0 radical (unpaired) electrons. The molecule has 172 valence electrons. The van der Waals surface area contributed by atoms with E-state index >= 15 is 0 Å². The van der Waals surface area contributed by atoms with E-state index < -0.39 is 16.1 Å². The van der Waals surface area contributed by atoms with E-state index in [1.165, 1.54) is 22.3 Å². The van der Waals surface area contributed by atoms with Crippen molar-refractivity contribution in [3.63, 3.8) is 0 Å². The van der Waals surface area contributed by atoms with Gasteiger partial charge in [0.15, 0.2) is 0 Å². The summed E-state index contributed by atoms with van der Waals surface area (Å²) in [6, 6.07) is 1.85. The Kier molecular flexibility index (Phi) is 6.87. The van der Waals surface area contributed by atoms with Crippen LogP contribution in [0.25, 0.3) is 0 Å². The normalized spacial score (nSPS) is 15.8. The van der Waals surface area contributed by atoms with E-state index in [1.54, 1.807) is 0 Å². The number of aryl methyl sites for hydroxylation is 2. The Balaban J connectivity index is 1.67. The Hall–Kier alpha value is -1.86. The fraction of sp³-hybridized carbons (Fsp3) is 0.625. The lowest BCUT2D eigenvalue weighted by Gasteiger charge is -2.39. The Labute approximate surface area is 187 Å². The van der Waals surface area contributed by atoms with E-state index in [1.807, 2.05) is 0 Å². The standard InChI is InChI=1S/C24H37N3O3S/c1-16(2)27(24(4,5)6)14-17(3)15-31(29,30)26-23(28)25-22-20-11-7-9-18(20)13-19-10-8-12-21(19)22/h13,16H,3,7-12,14-15H2,1-2,4-6H3,(H2,25,26,28). The van der Waals surface area contributed by atoms with E-state index in [0.29, 0.717) is 12.1 Å². The van der Waals surface area contributed by atoms with E-state index in [-0.39, 0.29) is 17.3 Å². The number of nitrogens with one attached hydrogen (secondary N) is 2. The molecule has 0 atom stereocenters. The van der Waals surface area contributed by atoms with Crippen LogP contribution >= 0.6 is 0 Å². The van der Waals surface area contributed by atoms with Crippen molar-refractivity contribution >= 4 is 21.7 Å². The third-order valence-corrected chi connectivity index (χ3v) is 7.52. The monoisotopic (exact) mass is 447 g/mol. The predicted octanol–water partition coefficient (Wildman–Crippen LogP) is 4.18. The van der Waals surface area contributed by atoms with E-state index in [4.69, 9.17) is 0 Å². The highest BCUT2D eigenvalue weighted by molar-refractivity contribution is 7.90. The van der Waals surface area contributed by atoms with Crippen LogP contribution in [0.2, 0.25) is 0 Å². The topological polar surface area (TPSA) is 78.5 Å². The van der Waals surface area contributed by atoms with E-state index in [9.17, 15) is 13.2 Å². The van der Waals surface area contributed by atoms with Crippen LogP contribution in [0.4, 0.5) is 10.5 Å². The van der Waals surface area contributed by atoms with Crippen molar-refractivity contribution in [1.29, 1.82) is 0 Å². The van der Waals surface area contributed by atoms with Crippen LogP contribution in [-0.4, -0.2) is 43.2 Å². The highest BCUT2D eigenvalue weighted by Gasteiger charge is 2.28. The first-order valence-corrected chi connectivity index (χ1v) is 12.9. The fourth-order valence-electron chi connectivity index (χ4n) is 5.03. The molecule has 1 aromatic rings. The minimum absolute atomic E-state index is 0.111. The second-order valence-electron chi connectivity index (χ2n) is 10.2. The first kappa shape index (κ1) is 23.8. The average Bonchev–Trinajstić information content (AvgIpc) is 3.26. The maximum Gasteiger partial charge on any atom is 0.332 e. The van der Waals surface area contributed by atoms with Crippen LogP contribution in [0.3, 0.4) is 0 Å². The summed E-state index contributed by atoms with van der Waals surface area (Å²) in [5, 5.41) is 2.89. The largest absolute Gasteiger partial charge is 0.332 e. The maximum atomic E-state index is 12.7. The number of fused-ring (bicyclic) bond motifs is 2. The first-order chi connectivity index (χ1) is 14.4. The summed E-state index contributed by atoms with van der Waals surface area (Å²) < 4.78 is 27.5. The zero-order valence-corrected chi connectivity index (χ0v) is 20.4. The minimum atomic E-state index is -3.83. The van der Waals surface area contributed by atoms with Crippen LogP contribution in [0.5, 0.6) is 0 Å². The van der Waals surface area contributed by atoms with Crippen LogP contribution in [0.15, 0.2) is 18.2 Å². The number of urea groups is 1. The summed E-state index contributed by atoms with van der Waals surface area (Å²) in [5.74, 6) is -0.273. The zero-order valence-electron chi connectivity index (χ0n) is 19.6. The van der Waals surface area contributed by atoms with Gasteiger partial charge in [-0.15, -0.1) is 0 Å². The smallest absolute Gasteiger partial charge is 0.307 e.